The molecule has 2 heterocycles. The standard InChI is InChI=1S/C23H27N3O2/c1-4-7-17(22(27)28)20-15(3)24-23-25-18-8-5-6-9-19(18)26(23)21(20)16-12-10-14(2)11-13-16/h10-13,17H,4-9H2,1-3H3,(H,27,28). The minimum atomic E-state index is -0.784. The van der Waals surface area contributed by atoms with E-state index < -0.39 is 11.9 Å². The molecule has 3 aromatic rings. The first kappa shape index (κ1) is 18.7. The van der Waals surface area contributed by atoms with E-state index in [9.17, 15) is 9.90 Å². The number of rotatable bonds is 5. The fourth-order valence-electron chi connectivity index (χ4n) is 4.43. The van der Waals surface area contributed by atoms with Gasteiger partial charge in [-0.1, -0.05) is 43.2 Å². The third kappa shape index (κ3) is 3.09. The minimum absolute atomic E-state index is 0.570. The van der Waals surface area contributed by atoms with Crippen molar-refractivity contribution in [1.82, 2.24) is 14.4 Å². The Morgan fingerprint density at radius 3 is 2.54 bits per heavy atom. The molecule has 0 spiro atoms. The number of carboxylic acids is 1. The molecule has 5 heteroatoms. The van der Waals surface area contributed by atoms with Gasteiger partial charge < -0.3 is 5.11 Å². The smallest absolute Gasteiger partial charge is 0.311 e. The van der Waals surface area contributed by atoms with Crippen molar-refractivity contribution in [2.24, 2.45) is 0 Å². The highest BCUT2D eigenvalue weighted by atomic mass is 16.4. The van der Waals surface area contributed by atoms with Gasteiger partial charge in [0.2, 0.25) is 5.78 Å². The van der Waals surface area contributed by atoms with Crippen molar-refractivity contribution in [2.75, 3.05) is 0 Å². The van der Waals surface area contributed by atoms with Crippen LogP contribution in [0.25, 0.3) is 17.0 Å². The van der Waals surface area contributed by atoms with E-state index in [4.69, 9.17) is 9.97 Å². The van der Waals surface area contributed by atoms with Crippen LogP contribution in [0.15, 0.2) is 24.3 Å². The van der Waals surface area contributed by atoms with Crippen molar-refractivity contribution >= 4 is 11.7 Å². The second kappa shape index (κ2) is 7.38. The van der Waals surface area contributed by atoms with Crippen LogP contribution in [0.4, 0.5) is 0 Å². The maximum absolute atomic E-state index is 12.2. The van der Waals surface area contributed by atoms with Gasteiger partial charge in [-0.05, 0) is 51.5 Å². The number of nitrogens with zero attached hydrogens (tertiary/aromatic N) is 3. The van der Waals surface area contributed by atoms with Gasteiger partial charge in [-0.2, -0.15) is 0 Å². The van der Waals surface area contributed by atoms with Gasteiger partial charge in [0.15, 0.2) is 0 Å². The number of carbonyl (C=O) groups is 1. The zero-order valence-electron chi connectivity index (χ0n) is 16.8. The number of hydrogen-bond acceptors (Lipinski definition) is 3. The van der Waals surface area contributed by atoms with E-state index in [1.165, 1.54) is 11.3 Å². The van der Waals surface area contributed by atoms with Crippen LogP contribution in [0, 0.1) is 13.8 Å². The van der Waals surface area contributed by atoms with Crippen molar-refractivity contribution < 1.29 is 9.90 Å². The lowest BCUT2D eigenvalue weighted by molar-refractivity contribution is -0.139. The Labute approximate surface area is 165 Å². The summed E-state index contributed by atoms with van der Waals surface area (Å²) < 4.78 is 2.15. The zero-order valence-corrected chi connectivity index (χ0v) is 16.8. The minimum Gasteiger partial charge on any atom is -0.481 e. The van der Waals surface area contributed by atoms with Gasteiger partial charge in [0.25, 0.3) is 0 Å². The summed E-state index contributed by atoms with van der Waals surface area (Å²) in [7, 11) is 0. The molecule has 1 atom stereocenters. The second-order valence-electron chi connectivity index (χ2n) is 7.85. The summed E-state index contributed by atoms with van der Waals surface area (Å²) in [5, 5.41) is 10.0. The predicted octanol–water partition coefficient (Wildman–Crippen LogP) is 4.86. The predicted molar refractivity (Wildman–Crippen MR) is 110 cm³/mol. The van der Waals surface area contributed by atoms with E-state index in [0.29, 0.717) is 12.2 Å². The van der Waals surface area contributed by atoms with Gasteiger partial charge in [0.1, 0.15) is 0 Å². The molecule has 1 unspecified atom stereocenters. The van der Waals surface area contributed by atoms with Gasteiger partial charge in [-0.3, -0.25) is 9.20 Å². The first-order valence-electron chi connectivity index (χ1n) is 10.2. The van der Waals surface area contributed by atoms with Crippen LogP contribution < -0.4 is 0 Å². The molecule has 146 valence electrons. The molecule has 0 saturated carbocycles. The number of fused-ring (bicyclic) bond motifs is 3. The number of imidazole rings is 1. The van der Waals surface area contributed by atoms with Gasteiger partial charge >= 0.3 is 5.97 Å². The van der Waals surface area contributed by atoms with Gasteiger partial charge in [0, 0.05) is 17.0 Å². The average molecular weight is 377 g/mol. The van der Waals surface area contributed by atoms with Crippen molar-refractivity contribution in [3.8, 4) is 11.3 Å². The number of aryl methyl sites for hydroxylation is 4. The average Bonchev–Trinajstić information content (AvgIpc) is 3.04. The molecule has 0 aliphatic heterocycles. The lowest BCUT2D eigenvalue weighted by Crippen LogP contribution is -2.18. The van der Waals surface area contributed by atoms with Crippen molar-refractivity contribution in [1.29, 1.82) is 0 Å². The molecular formula is C23H27N3O2. The molecule has 1 aliphatic rings. The first-order chi connectivity index (χ1) is 13.5. The Kier molecular flexibility index (Phi) is 4.92. The highest BCUT2D eigenvalue weighted by Crippen LogP contribution is 2.37. The maximum Gasteiger partial charge on any atom is 0.311 e. The number of carboxylic acid groups (broad SMARTS) is 1. The molecule has 0 radical (unpaired) electrons. The molecular weight excluding hydrogens is 350 g/mol. The van der Waals surface area contributed by atoms with E-state index in [1.54, 1.807) is 0 Å². The molecule has 0 amide bonds. The lowest BCUT2D eigenvalue weighted by atomic mass is 9.89. The summed E-state index contributed by atoms with van der Waals surface area (Å²) in [4.78, 5) is 21.8. The number of benzene rings is 1. The normalized spacial score (nSPS) is 14.8. The third-order valence-electron chi connectivity index (χ3n) is 5.80. The Hall–Kier alpha value is -2.69. The lowest BCUT2D eigenvalue weighted by Gasteiger charge is -2.22. The number of aliphatic carboxylic acids is 1. The number of aromatic nitrogens is 3. The van der Waals surface area contributed by atoms with Crippen LogP contribution >= 0.6 is 0 Å². The molecule has 5 nitrogen and oxygen atoms in total. The highest BCUT2D eigenvalue weighted by Gasteiger charge is 2.29. The Morgan fingerprint density at radius 2 is 1.86 bits per heavy atom. The van der Waals surface area contributed by atoms with E-state index in [2.05, 4.69) is 35.6 Å². The van der Waals surface area contributed by atoms with Crippen molar-refractivity contribution in [3.63, 3.8) is 0 Å². The molecule has 4 rings (SSSR count). The Bertz CT molecular complexity index is 1030. The third-order valence-corrected chi connectivity index (χ3v) is 5.80. The summed E-state index contributed by atoms with van der Waals surface area (Å²) in [6.45, 7) is 6.02. The summed E-state index contributed by atoms with van der Waals surface area (Å²) >= 11 is 0. The van der Waals surface area contributed by atoms with Crippen molar-refractivity contribution in [3.05, 3.63) is 52.5 Å². The molecule has 0 fully saturated rings. The molecule has 2 aromatic heterocycles. The topological polar surface area (TPSA) is 67.5 Å². The molecule has 1 aromatic carbocycles. The fourth-order valence-corrected chi connectivity index (χ4v) is 4.43. The molecule has 1 aliphatic carbocycles. The van der Waals surface area contributed by atoms with Gasteiger partial charge in [-0.15, -0.1) is 0 Å². The van der Waals surface area contributed by atoms with Crippen LogP contribution in [0.1, 0.15) is 66.7 Å². The van der Waals surface area contributed by atoms with Crippen LogP contribution in [0.3, 0.4) is 0 Å². The second-order valence-corrected chi connectivity index (χ2v) is 7.85. The SMILES string of the molecule is CCCC(C(=O)O)c1c(C)nc2nc3c(n2c1-c1ccc(C)cc1)CCCC3. The number of hydrogen-bond donors (Lipinski definition) is 1. The monoisotopic (exact) mass is 377 g/mol. The van der Waals surface area contributed by atoms with E-state index in [1.807, 2.05) is 13.8 Å². The zero-order chi connectivity index (χ0) is 19.8. The molecule has 0 bridgehead atoms. The van der Waals surface area contributed by atoms with E-state index >= 15 is 0 Å². The molecule has 28 heavy (non-hydrogen) atoms. The summed E-state index contributed by atoms with van der Waals surface area (Å²) in [5.41, 5.74) is 7.09. The summed E-state index contributed by atoms with van der Waals surface area (Å²) in [6, 6.07) is 8.35. The fraction of sp³-hybridized carbons (Fsp3) is 0.435. The maximum atomic E-state index is 12.2. The van der Waals surface area contributed by atoms with Gasteiger partial charge in [-0.25, -0.2) is 9.97 Å². The highest BCUT2D eigenvalue weighted by molar-refractivity contribution is 5.81. The van der Waals surface area contributed by atoms with Crippen LogP contribution in [0.5, 0.6) is 0 Å². The van der Waals surface area contributed by atoms with Crippen LogP contribution in [-0.4, -0.2) is 25.4 Å². The Morgan fingerprint density at radius 1 is 1.14 bits per heavy atom. The quantitative estimate of drug-likeness (QED) is 0.689. The largest absolute Gasteiger partial charge is 0.481 e. The molecule has 1 N–H and O–H groups in total. The Balaban J connectivity index is 2.09. The van der Waals surface area contributed by atoms with Crippen molar-refractivity contribution in [2.45, 2.75) is 65.2 Å². The van der Waals surface area contributed by atoms with Crippen LogP contribution in [0.2, 0.25) is 0 Å². The van der Waals surface area contributed by atoms with E-state index in [0.717, 1.165) is 60.3 Å². The van der Waals surface area contributed by atoms with Crippen LogP contribution in [-0.2, 0) is 17.6 Å². The summed E-state index contributed by atoms with van der Waals surface area (Å²) in [6.07, 6.45) is 5.62. The van der Waals surface area contributed by atoms with E-state index in [-0.39, 0.29) is 0 Å². The first-order valence-corrected chi connectivity index (χ1v) is 10.2. The summed E-state index contributed by atoms with van der Waals surface area (Å²) in [5.74, 6) is -0.655. The molecule has 0 saturated heterocycles. The van der Waals surface area contributed by atoms with Gasteiger partial charge in [0.05, 0.1) is 17.3 Å².